The smallest absolute Gasteiger partial charge is 0.348 e. The summed E-state index contributed by atoms with van der Waals surface area (Å²) in [5.74, 6) is -0.422. The lowest BCUT2D eigenvalue weighted by Crippen LogP contribution is -2.35. The molecule has 0 amide bonds. The Labute approximate surface area is 104 Å². The molecule has 98 valence electrons. The van der Waals surface area contributed by atoms with E-state index in [4.69, 9.17) is 10.5 Å². The van der Waals surface area contributed by atoms with Crippen LogP contribution in [-0.2, 0) is 9.53 Å². The minimum Gasteiger partial charge on any atom is -0.477 e. The normalized spacial score (nSPS) is 11.7. The number of carbonyl (C=O) groups excluding carboxylic acids is 1. The largest absolute Gasteiger partial charge is 0.477 e. The first-order valence-electron chi connectivity index (χ1n) is 5.19. The quantitative estimate of drug-likeness (QED) is 0.473. The Morgan fingerprint density at radius 3 is 2.72 bits per heavy atom. The first-order valence-corrected chi connectivity index (χ1v) is 5.19. The standard InChI is InChI=1S/C11H14N2O5/c1-7-3-4-8(5-9(7)13(15)16)18-10(6-12)11(14)17-2/h3-5,10H,6,12H2,1-2H3. The summed E-state index contributed by atoms with van der Waals surface area (Å²) >= 11 is 0. The fourth-order valence-corrected chi connectivity index (χ4v) is 1.35. The number of nitro groups is 1. The summed E-state index contributed by atoms with van der Waals surface area (Å²) in [4.78, 5) is 21.5. The molecule has 1 aromatic carbocycles. The van der Waals surface area contributed by atoms with E-state index in [0.717, 1.165) is 0 Å². The lowest BCUT2D eigenvalue weighted by atomic mass is 10.2. The Morgan fingerprint density at radius 1 is 1.56 bits per heavy atom. The number of nitro benzene ring substituents is 1. The van der Waals surface area contributed by atoms with Gasteiger partial charge in [0.05, 0.1) is 18.1 Å². The molecule has 0 aliphatic heterocycles. The molecule has 0 bridgehead atoms. The van der Waals surface area contributed by atoms with Gasteiger partial charge in [-0.2, -0.15) is 0 Å². The molecule has 7 nitrogen and oxygen atoms in total. The third kappa shape index (κ3) is 3.17. The molecule has 0 fully saturated rings. The van der Waals surface area contributed by atoms with E-state index >= 15 is 0 Å². The van der Waals surface area contributed by atoms with Crippen molar-refractivity contribution in [3.05, 3.63) is 33.9 Å². The molecule has 0 aromatic heterocycles. The zero-order valence-electron chi connectivity index (χ0n) is 10.1. The molecule has 0 heterocycles. The number of hydrogen-bond acceptors (Lipinski definition) is 6. The fraction of sp³-hybridized carbons (Fsp3) is 0.364. The highest BCUT2D eigenvalue weighted by Gasteiger charge is 2.20. The number of esters is 1. The predicted octanol–water partition coefficient (Wildman–Crippen LogP) is 0.782. The number of methoxy groups -OCH3 is 1. The van der Waals surface area contributed by atoms with Gasteiger partial charge in [0.1, 0.15) is 5.75 Å². The highest BCUT2D eigenvalue weighted by molar-refractivity contribution is 5.75. The monoisotopic (exact) mass is 254 g/mol. The molecule has 18 heavy (non-hydrogen) atoms. The van der Waals surface area contributed by atoms with Crippen LogP contribution in [0.3, 0.4) is 0 Å². The lowest BCUT2D eigenvalue weighted by Gasteiger charge is -2.14. The number of nitrogens with zero attached hydrogens (tertiary/aromatic N) is 1. The zero-order chi connectivity index (χ0) is 13.7. The van der Waals surface area contributed by atoms with Crippen LogP contribution in [0.5, 0.6) is 5.75 Å². The van der Waals surface area contributed by atoms with Gasteiger partial charge in [-0.1, -0.05) is 0 Å². The Hall–Kier alpha value is -2.15. The van der Waals surface area contributed by atoms with Crippen LogP contribution in [-0.4, -0.2) is 30.7 Å². The molecule has 1 atom stereocenters. The predicted molar refractivity (Wildman–Crippen MR) is 63.3 cm³/mol. The summed E-state index contributed by atoms with van der Waals surface area (Å²) in [6, 6.07) is 4.33. The number of hydrogen-bond donors (Lipinski definition) is 1. The number of nitrogens with two attached hydrogens (primary N) is 1. The van der Waals surface area contributed by atoms with Crippen molar-refractivity contribution in [1.29, 1.82) is 0 Å². The minimum absolute atomic E-state index is 0.0751. The SMILES string of the molecule is COC(=O)C(CN)Oc1ccc(C)c([N+](=O)[O-])c1. The van der Waals surface area contributed by atoms with Crippen molar-refractivity contribution in [2.24, 2.45) is 5.73 Å². The van der Waals surface area contributed by atoms with E-state index in [1.165, 1.54) is 19.2 Å². The average molecular weight is 254 g/mol. The molecule has 0 saturated carbocycles. The Balaban J connectivity index is 2.94. The third-order valence-electron chi connectivity index (χ3n) is 2.33. The van der Waals surface area contributed by atoms with Gasteiger partial charge in [-0.3, -0.25) is 10.1 Å². The molecule has 2 N–H and O–H groups in total. The molecular weight excluding hydrogens is 240 g/mol. The van der Waals surface area contributed by atoms with Gasteiger partial charge < -0.3 is 15.2 Å². The number of rotatable bonds is 5. The Bertz CT molecular complexity index is 461. The van der Waals surface area contributed by atoms with E-state index < -0.39 is 17.0 Å². The van der Waals surface area contributed by atoms with Gasteiger partial charge >= 0.3 is 5.97 Å². The van der Waals surface area contributed by atoms with Crippen LogP contribution in [0.15, 0.2) is 18.2 Å². The molecule has 0 saturated heterocycles. The number of benzene rings is 1. The first kappa shape index (κ1) is 13.9. The van der Waals surface area contributed by atoms with Crippen molar-refractivity contribution >= 4 is 11.7 Å². The van der Waals surface area contributed by atoms with Gasteiger partial charge in [0.15, 0.2) is 0 Å². The van der Waals surface area contributed by atoms with E-state index in [9.17, 15) is 14.9 Å². The molecule has 1 unspecified atom stereocenters. The summed E-state index contributed by atoms with van der Waals surface area (Å²) in [6.07, 6.45) is -0.975. The van der Waals surface area contributed by atoms with Crippen molar-refractivity contribution in [3.8, 4) is 5.75 Å². The lowest BCUT2D eigenvalue weighted by molar-refractivity contribution is -0.385. The fourth-order valence-electron chi connectivity index (χ4n) is 1.35. The van der Waals surface area contributed by atoms with Crippen LogP contribution < -0.4 is 10.5 Å². The van der Waals surface area contributed by atoms with E-state index in [1.54, 1.807) is 13.0 Å². The summed E-state index contributed by atoms with van der Waals surface area (Å²) in [6.45, 7) is 1.54. The maximum atomic E-state index is 11.3. The van der Waals surface area contributed by atoms with Crippen LogP contribution in [0.1, 0.15) is 5.56 Å². The van der Waals surface area contributed by atoms with Crippen LogP contribution in [0.25, 0.3) is 0 Å². The molecule has 0 radical (unpaired) electrons. The number of carbonyl (C=O) groups is 1. The third-order valence-corrected chi connectivity index (χ3v) is 2.33. The summed E-state index contributed by atoms with van der Waals surface area (Å²) in [5, 5.41) is 10.8. The van der Waals surface area contributed by atoms with Crippen LogP contribution in [0.4, 0.5) is 5.69 Å². The molecule has 1 rings (SSSR count). The summed E-state index contributed by atoms with van der Waals surface area (Å²) in [5.41, 5.74) is 5.80. The zero-order valence-corrected chi connectivity index (χ0v) is 10.1. The molecule has 0 aliphatic carbocycles. The second-order valence-electron chi connectivity index (χ2n) is 3.57. The van der Waals surface area contributed by atoms with Gasteiger partial charge in [-0.25, -0.2) is 4.79 Å². The van der Waals surface area contributed by atoms with Crippen LogP contribution in [0.2, 0.25) is 0 Å². The van der Waals surface area contributed by atoms with Crippen LogP contribution >= 0.6 is 0 Å². The van der Waals surface area contributed by atoms with Crippen molar-refractivity contribution in [2.75, 3.05) is 13.7 Å². The number of aryl methyl sites for hydroxylation is 1. The van der Waals surface area contributed by atoms with Crippen molar-refractivity contribution in [2.45, 2.75) is 13.0 Å². The maximum absolute atomic E-state index is 11.3. The Kier molecular flexibility index (Phi) is 4.61. The second kappa shape index (κ2) is 5.97. The highest BCUT2D eigenvalue weighted by Crippen LogP contribution is 2.24. The minimum atomic E-state index is -0.975. The van der Waals surface area contributed by atoms with Crippen molar-refractivity contribution in [1.82, 2.24) is 0 Å². The highest BCUT2D eigenvalue weighted by atomic mass is 16.6. The van der Waals surface area contributed by atoms with Crippen LogP contribution in [0, 0.1) is 17.0 Å². The molecule has 1 aromatic rings. The maximum Gasteiger partial charge on any atom is 0.348 e. The van der Waals surface area contributed by atoms with E-state index in [1.807, 2.05) is 0 Å². The first-order chi connectivity index (χ1) is 8.49. The van der Waals surface area contributed by atoms with Gasteiger partial charge in [0, 0.05) is 12.1 Å². The van der Waals surface area contributed by atoms with Crippen molar-refractivity contribution < 1.29 is 19.2 Å². The Morgan fingerprint density at radius 2 is 2.22 bits per heavy atom. The summed E-state index contributed by atoms with van der Waals surface area (Å²) < 4.78 is 9.76. The van der Waals surface area contributed by atoms with E-state index in [0.29, 0.717) is 5.56 Å². The van der Waals surface area contributed by atoms with Gasteiger partial charge in [-0.15, -0.1) is 0 Å². The topological polar surface area (TPSA) is 105 Å². The summed E-state index contributed by atoms with van der Waals surface area (Å²) in [7, 11) is 1.21. The van der Waals surface area contributed by atoms with Gasteiger partial charge in [0.25, 0.3) is 5.69 Å². The van der Waals surface area contributed by atoms with Gasteiger partial charge in [0.2, 0.25) is 6.10 Å². The molecule has 0 aliphatic rings. The number of ether oxygens (including phenoxy) is 2. The molecular formula is C11H14N2O5. The average Bonchev–Trinajstić information content (AvgIpc) is 2.36. The molecule has 7 heteroatoms. The van der Waals surface area contributed by atoms with Crippen molar-refractivity contribution in [3.63, 3.8) is 0 Å². The molecule has 0 spiro atoms. The van der Waals surface area contributed by atoms with Gasteiger partial charge in [-0.05, 0) is 19.1 Å². The van der Waals surface area contributed by atoms with E-state index in [2.05, 4.69) is 4.74 Å². The van der Waals surface area contributed by atoms with E-state index in [-0.39, 0.29) is 18.0 Å². The second-order valence-corrected chi connectivity index (χ2v) is 3.57.